The number of carbonyl (C=O) groups excluding carboxylic acids is 1. The summed E-state index contributed by atoms with van der Waals surface area (Å²) in [7, 11) is 1.89. The van der Waals surface area contributed by atoms with Crippen molar-refractivity contribution >= 4 is 17.2 Å². The highest BCUT2D eigenvalue weighted by molar-refractivity contribution is 7.13. The molecule has 0 fully saturated rings. The van der Waals surface area contributed by atoms with Crippen LogP contribution in [0.3, 0.4) is 0 Å². The van der Waals surface area contributed by atoms with Crippen LogP contribution in [-0.4, -0.2) is 31.0 Å². The van der Waals surface area contributed by atoms with E-state index in [4.69, 9.17) is 4.42 Å². The van der Waals surface area contributed by atoms with Gasteiger partial charge in [-0.2, -0.15) is 0 Å². The Morgan fingerprint density at radius 3 is 3.11 bits per heavy atom. The van der Waals surface area contributed by atoms with Crippen LogP contribution >= 0.6 is 11.3 Å². The van der Waals surface area contributed by atoms with Crippen LogP contribution in [0.15, 0.2) is 28.2 Å². The number of nitrogens with one attached hydrogen (secondary N) is 2. The van der Waals surface area contributed by atoms with Gasteiger partial charge in [0.2, 0.25) is 11.8 Å². The zero-order valence-corrected chi connectivity index (χ0v) is 11.6. The average molecular weight is 279 g/mol. The van der Waals surface area contributed by atoms with Gasteiger partial charge in [-0.05, 0) is 31.5 Å². The average Bonchev–Trinajstić information content (AvgIpc) is 3.04. The Hall–Kier alpha value is -1.66. The second-order valence-electron chi connectivity index (χ2n) is 4.11. The Bertz CT molecular complexity index is 508. The van der Waals surface area contributed by atoms with Crippen LogP contribution in [0.2, 0.25) is 0 Å². The second kappa shape index (κ2) is 7.06. The van der Waals surface area contributed by atoms with E-state index in [2.05, 4.69) is 15.6 Å². The number of nitrogens with zero attached hydrogens (tertiary/aromatic N) is 1. The summed E-state index contributed by atoms with van der Waals surface area (Å²) in [5.74, 6) is 0.551. The largest absolute Gasteiger partial charge is 0.444 e. The van der Waals surface area contributed by atoms with Crippen molar-refractivity contribution in [2.45, 2.75) is 12.8 Å². The molecular formula is C13H17N3O2S. The van der Waals surface area contributed by atoms with Crippen molar-refractivity contribution in [3.05, 3.63) is 29.5 Å². The summed E-state index contributed by atoms with van der Waals surface area (Å²) in [6.45, 7) is 1.57. The third-order valence-corrected chi connectivity index (χ3v) is 3.41. The lowest BCUT2D eigenvalue weighted by atomic mass is 10.3. The monoisotopic (exact) mass is 279 g/mol. The van der Waals surface area contributed by atoms with Gasteiger partial charge in [-0.15, -0.1) is 11.3 Å². The van der Waals surface area contributed by atoms with Crippen LogP contribution in [0.4, 0.5) is 0 Å². The summed E-state index contributed by atoms with van der Waals surface area (Å²) < 4.78 is 5.36. The van der Waals surface area contributed by atoms with E-state index in [1.165, 1.54) is 0 Å². The first-order valence-corrected chi connectivity index (χ1v) is 7.07. The standard InChI is InChI=1S/C13H17N3O2S/c1-14-5-3-6-15-12(17)8-10-9-18-13(16-10)11-4-2-7-19-11/h2,4,7,9,14H,3,5-6,8H2,1H3,(H,15,17). The first-order valence-electron chi connectivity index (χ1n) is 6.19. The lowest BCUT2D eigenvalue weighted by molar-refractivity contribution is -0.120. The summed E-state index contributed by atoms with van der Waals surface area (Å²) >= 11 is 1.56. The molecule has 0 aliphatic rings. The highest BCUT2D eigenvalue weighted by atomic mass is 32.1. The Kier molecular flexibility index (Phi) is 5.11. The second-order valence-corrected chi connectivity index (χ2v) is 5.05. The maximum Gasteiger partial charge on any atom is 0.236 e. The summed E-state index contributed by atoms with van der Waals surface area (Å²) in [4.78, 5) is 16.9. The van der Waals surface area contributed by atoms with Crippen molar-refractivity contribution in [2.75, 3.05) is 20.1 Å². The topological polar surface area (TPSA) is 67.2 Å². The van der Waals surface area contributed by atoms with Gasteiger partial charge in [0.1, 0.15) is 6.26 Å². The first-order chi connectivity index (χ1) is 9.29. The van der Waals surface area contributed by atoms with E-state index in [0.717, 1.165) is 17.8 Å². The molecule has 2 aromatic rings. The van der Waals surface area contributed by atoms with E-state index >= 15 is 0 Å². The van der Waals surface area contributed by atoms with Crippen molar-refractivity contribution in [3.63, 3.8) is 0 Å². The zero-order valence-electron chi connectivity index (χ0n) is 10.8. The van der Waals surface area contributed by atoms with Crippen LogP contribution in [0, 0.1) is 0 Å². The molecule has 2 rings (SSSR count). The van der Waals surface area contributed by atoms with Gasteiger partial charge >= 0.3 is 0 Å². The minimum Gasteiger partial charge on any atom is -0.444 e. The van der Waals surface area contributed by atoms with E-state index in [9.17, 15) is 4.79 Å². The molecule has 0 aliphatic heterocycles. The summed E-state index contributed by atoms with van der Waals surface area (Å²) in [5, 5.41) is 7.85. The quantitative estimate of drug-likeness (QED) is 0.757. The van der Waals surface area contributed by atoms with Gasteiger partial charge in [-0.1, -0.05) is 6.07 Å². The summed E-state index contributed by atoms with van der Waals surface area (Å²) in [5.41, 5.74) is 0.662. The fourth-order valence-electron chi connectivity index (χ4n) is 1.62. The van der Waals surface area contributed by atoms with Gasteiger partial charge in [0.25, 0.3) is 0 Å². The molecule has 2 heterocycles. The molecule has 0 saturated carbocycles. The van der Waals surface area contributed by atoms with Crippen LogP contribution in [0.1, 0.15) is 12.1 Å². The molecule has 0 atom stereocenters. The molecule has 19 heavy (non-hydrogen) atoms. The van der Waals surface area contributed by atoms with Crippen LogP contribution in [-0.2, 0) is 11.2 Å². The summed E-state index contributed by atoms with van der Waals surface area (Å²) in [6, 6.07) is 3.89. The Morgan fingerprint density at radius 1 is 1.47 bits per heavy atom. The molecule has 0 bridgehead atoms. The fraction of sp³-hybridized carbons (Fsp3) is 0.385. The van der Waals surface area contributed by atoms with E-state index < -0.39 is 0 Å². The van der Waals surface area contributed by atoms with Crippen molar-refractivity contribution in [1.82, 2.24) is 15.6 Å². The van der Waals surface area contributed by atoms with E-state index in [-0.39, 0.29) is 12.3 Å². The lowest BCUT2D eigenvalue weighted by Gasteiger charge is -2.02. The van der Waals surface area contributed by atoms with Gasteiger partial charge < -0.3 is 15.1 Å². The van der Waals surface area contributed by atoms with Gasteiger partial charge in [0.15, 0.2) is 0 Å². The van der Waals surface area contributed by atoms with E-state index in [1.807, 2.05) is 24.6 Å². The molecule has 102 valence electrons. The maximum atomic E-state index is 11.7. The molecular weight excluding hydrogens is 262 g/mol. The van der Waals surface area contributed by atoms with Crippen molar-refractivity contribution in [2.24, 2.45) is 0 Å². The van der Waals surface area contributed by atoms with Gasteiger partial charge in [-0.3, -0.25) is 4.79 Å². The normalized spacial score (nSPS) is 10.6. The van der Waals surface area contributed by atoms with Crippen LogP contribution < -0.4 is 10.6 Å². The summed E-state index contributed by atoms with van der Waals surface area (Å²) in [6.07, 6.45) is 2.72. The highest BCUT2D eigenvalue weighted by Crippen LogP contribution is 2.23. The van der Waals surface area contributed by atoms with Crippen molar-refractivity contribution in [3.8, 4) is 10.8 Å². The number of hydrogen-bond donors (Lipinski definition) is 2. The molecule has 0 aliphatic carbocycles. The molecule has 0 unspecified atom stereocenters. The van der Waals surface area contributed by atoms with E-state index in [1.54, 1.807) is 17.6 Å². The molecule has 2 N–H and O–H groups in total. The minimum atomic E-state index is -0.0258. The number of hydrogen-bond acceptors (Lipinski definition) is 5. The fourth-order valence-corrected chi connectivity index (χ4v) is 2.28. The molecule has 0 saturated heterocycles. The third kappa shape index (κ3) is 4.18. The highest BCUT2D eigenvalue weighted by Gasteiger charge is 2.10. The minimum absolute atomic E-state index is 0.0258. The number of amides is 1. The third-order valence-electron chi connectivity index (χ3n) is 2.55. The van der Waals surface area contributed by atoms with Crippen LogP contribution in [0.25, 0.3) is 10.8 Å². The molecule has 6 heteroatoms. The predicted molar refractivity (Wildman–Crippen MR) is 75.1 cm³/mol. The molecule has 0 spiro atoms. The lowest BCUT2D eigenvalue weighted by Crippen LogP contribution is -2.28. The Balaban J connectivity index is 1.81. The van der Waals surface area contributed by atoms with E-state index in [0.29, 0.717) is 18.1 Å². The van der Waals surface area contributed by atoms with Gasteiger partial charge in [0.05, 0.1) is 17.0 Å². The van der Waals surface area contributed by atoms with Crippen LogP contribution in [0.5, 0.6) is 0 Å². The van der Waals surface area contributed by atoms with Gasteiger partial charge in [-0.25, -0.2) is 4.98 Å². The number of aromatic nitrogens is 1. The predicted octanol–water partition coefficient (Wildman–Crippen LogP) is 1.67. The smallest absolute Gasteiger partial charge is 0.236 e. The Labute approximate surface area is 116 Å². The van der Waals surface area contributed by atoms with Gasteiger partial charge in [0, 0.05) is 6.54 Å². The van der Waals surface area contributed by atoms with Crippen molar-refractivity contribution < 1.29 is 9.21 Å². The zero-order chi connectivity index (χ0) is 13.5. The number of carbonyl (C=O) groups is 1. The Morgan fingerprint density at radius 2 is 2.37 bits per heavy atom. The number of rotatable bonds is 7. The number of thiophene rings is 1. The SMILES string of the molecule is CNCCCNC(=O)Cc1coc(-c2cccs2)n1. The molecule has 1 amide bonds. The molecule has 0 radical (unpaired) electrons. The first kappa shape index (κ1) is 13.8. The number of oxazole rings is 1. The molecule has 2 aromatic heterocycles. The van der Waals surface area contributed by atoms with Crippen molar-refractivity contribution in [1.29, 1.82) is 0 Å². The maximum absolute atomic E-state index is 11.7. The molecule has 5 nitrogen and oxygen atoms in total. The molecule has 0 aromatic carbocycles.